The second kappa shape index (κ2) is 5.47. The summed E-state index contributed by atoms with van der Waals surface area (Å²) in [4.78, 5) is 13.5. The maximum Gasteiger partial charge on any atom is 0.239 e. The van der Waals surface area contributed by atoms with Gasteiger partial charge in [-0.2, -0.15) is 0 Å². The molecule has 0 aromatic rings. The van der Waals surface area contributed by atoms with Gasteiger partial charge in [-0.25, -0.2) is 0 Å². The zero-order valence-corrected chi connectivity index (χ0v) is 10.1. The van der Waals surface area contributed by atoms with Gasteiger partial charge < -0.3 is 15.0 Å². The molecule has 88 valence electrons. The summed E-state index contributed by atoms with van der Waals surface area (Å²) in [6, 6.07) is 0.193. The Bertz CT molecular complexity index is 221. The fourth-order valence-corrected chi connectivity index (χ4v) is 1.83. The zero-order valence-electron chi connectivity index (χ0n) is 10.1. The second-order valence-electron chi connectivity index (χ2n) is 4.21. The van der Waals surface area contributed by atoms with Crippen LogP contribution in [0.1, 0.15) is 27.2 Å². The van der Waals surface area contributed by atoms with Crippen LogP contribution in [0.3, 0.4) is 0 Å². The van der Waals surface area contributed by atoms with Gasteiger partial charge in [-0.1, -0.05) is 0 Å². The summed E-state index contributed by atoms with van der Waals surface area (Å²) in [5.41, 5.74) is 0. The van der Waals surface area contributed by atoms with Crippen molar-refractivity contribution in [3.05, 3.63) is 0 Å². The van der Waals surface area contributed by atoms with Crippen molar-refractivity contribution in [2.75, 3.05) is 20.2 Å². The second-order valence-corrected chi connectivity index (χ2v) is 4.21. The highest BCUT2D eigenvalue weighted by molar-refractivity contribution is 5.81. The Morgan fingerprint density at radius 1 is 1.67 bits per heavy atom. The van der Waals surface area contributed by atoms with Crippen LogP contribution in [0.15, 0.2) is 0 Å². The summed E-state index contributed by atoms with van der Waals surface area (Å²) in [7, 11) is 1.83. The van der Waals surface area contributed by atoms with E-state index in [1.165, 1.54) is 0 Å². The first-order chi connectivity index (χ1) is 7.06. The van der Waals surface area contributed by atoms with E-state index in [4.69, 9.17) is 4.74 Å². The summed E-state index contributed by atoms with van der Waals surface area (Å²) >= 11 is 0. The number of amides is 1. The molecular formula is C11H22N2O2. The van der Waals surface area contributed by atoms with Gasteiger partial charge >= 0.3 is 0 Å². The fraction of sp³-hybridized carbons (Fsp3) is 0.909. The molecule has 0 aliphatic carbocycles. The van der Waals surface area contributed by atoms with E-state index in [1.54, 1.807) is 4.90 Å². The number of rotatable bonds is 4. The molecule has 4 nitrogen and oxygen atoms in total. The first kappa shape index (κ1) is 12.5. The van der Waals surface area contributed by atoms with Crippen molar-refractivity contribution < 1.29 is 9.53 Å². The van der Waals surface area contributed by atoms with E-state index in [0.29, 0.717) is 6.04 Å². The smallest absolute Gasteiger partial charge is 0.239 e. The number of carbonyl (C=O) groups is 1. The van der Waals surface area contributed by atoms with Crippen molar-refractivity contribution in [3.63, 3.8) is 0 Å². The van der Waals surface area contributed by atoms with Crippen LogP contribution in [-0.2, 0) is 9.53 Å². The van der Waals surface area contributed by atoms with Gasteiger partial charge in [-0.05, 0) is 27.2 Å². The highest BCUT2D eigenvalue weighted by Gasteiger charge is 2.27. The monoisotopic (exact) mass is 214 g/mol. The zero-order chi connectivity index (χ0) is 11.4. The highest BCUT2D eigenvalue weighted by atomic mass is 16.5. The van der Waals surface area contributed by atoms with E-state index in [1.807, 2.05) is 27.8 Å². The van der Waals surface area contributed by atoms with Crippen LogP contribution in [0, 0.1) is 0 Å². The van der Waals surface area contributed by atoms with Gasteiger partial charge in [0.1, 0.15) is 0 Å². The third-order valence-corrected chi connectivity index (χ3v) is 3.06. The molecule has 1 aliphatic rings. The lowest BCUT2D eigenvalue weighted by Crippen LogP contribution is -2.49. The molecular weight excluding hydrogens is 192 g/mol. The molecule has 1 fully saturated rings. The third-order valence-electron chi connectivity index (χ3n) is 3.06. The molecule has 0 radical (unpaired) electrons. The molecule has 1 amide bonds. The van der Waals surface area contributed by atoms with Crippen LogP contribution >= 0.6 is 0 Å². The average molecular weight is 214 g/mol. The van der Waals surface area contributed by atoms with Crippen molar-refractivity contribution in [3.8, 4) is 0 Å². The molecule has 0 aromatic carbocycles. The summed E-state index contributed by atoms with van der Waals surface area (Å²) in [5.74, 6) is 0.150. The highest BCUT2D eigenvalue weighted by Crippen LogP contribution is 2.13. The average Bonchev–Trinajstić information content (AvgIpc) is 2.62. The Kier molecular flexibility index (Phi) is 4.54. The molecule has 1 rings (SSSR count). The summed E-state index contributed by atoms with van der Waals surface area (Å²) in [5, 5.41) is 3.33. The van der Waals surface area contributed by atoms with E-state index in [-0.39, 0.29) is 18.1 Å². The molecule has 0 bridgehead atoms. The molecule has 1 N–H and O–H groups in total. The van der Waals surface area contributed by atoms with Crippen molar-refractivity contribution in [2.24, 2.45) is 0 Å². The predicted molar refractivity (Wildman–Crippen MR) is 59.7 cm³/mol. The third kappa shape index (κ3) is 3.18. The van der Waals surface area contributed by atoms with Gasteiger partial charge in [0.05, 0.1) is 12.1 Å². The van der Waals surface area contributed by atoms with E-state index >= 15 is 0 Å². The molecule has 1 aliphatic heterocycles. The van der Waals surface area contributed by atoms with Crippen molar-refractivity contribution >= 4 is 5.91 Å². The molecule has 3 unspecified atom stereocenters. The molecule has 0 spiro atoms. The lowest BCUT2D eigenvalue weighted by atomic mass is 10.1. The van der Waals surface area contributed by atoms with Gasteiger partial charge in [0, 0.05) is 26.2 Å². The Balaban J connectivity index is 2.40. The minimum absolute atomic E-state index is 0.121. The Labute approximate surface area is 92.0 Å². The summed E-state index contributed by atoms with van der Waals surface area (Å²) in [6.07, 6.45) is 1.21. The number of hydrogen-bond donors (Lipinski definition) is 1. The van der Waals surface area contributed by atoms with Crippen LogP contribution in [0.4, 0.5) is 0 Å². The quantitative estimate of drug-likeness (QED) is 0.746. The minimum atomic E-state index is -0.121. The van der Waals surface area contributed by atoms with Crippen LogP contribution in [-0.4, -0.2) is 49.2 Å². The molecule has 0 aromatic heterocycles. The maximum atomic E-state index is 11.8. The van der Waals surface area contributed by atoms with E-state index in [9.17, 15) is 4.79 Å². The SMILES string of the molecule is CCN(C)C(=O)C(C)NC1CCOC1C. The number of hydrogen-bond acceptors (Lipinski definition) is 3. The van der Waals surface area contributed by atoms with Crippen LogP contribution in [0.5, 0.6) is 0 Å². The van der Waals surface area contributed by atoms with E-state index < -0.39 is 0 Å². The topological polar surface area (TPSA) is 41.6 Å². The number of nitrogens with one attached hydrogen (secondary N) is 1. The molecule has 4 heteroatoms. The van der Waals surface area contributed by atoms with Crippen LogP contribution in [0.25, 0.3) is 0 Å². The number of carbonyl (C=O) groups excluding carboxylic acids is 1. The van der Waals surface area contributed by atoms with Crippen LogP contribution < -0.4 is 5.32 Å². The van der Waals surface area contributed by atoms with Gasteiger partial charge in [0.15, 0.2) is 0 Å². The van der Waals surface area contributed by atoms with Crippen molar-refractivity contribution in [2.45, 2.75) is 45.4 Å². The first-order valence-electron chi connectivity index (χ1n) is 5.68. The molecule has 15 heavy (non-hydrogen) atoms. The van der Waals surface area contributed by atoms with E-state index in [2.05, 4.69) is 5.32 Å². The lowest BCUT2D eigenvalue weighted by Gasteiger charge is -2.24. The normalized spacial score (nSPS) is 27.7. The van der Waals surface area contributed by atoms with Gasteiger partial charge in [-0.3, -0.25) is 4.79 Å². The lowest BCUT2D eigenvalue weighted by molar-refractivity contribution is -0.131. The largest absolute Gasteiger partial charge is 0.377 e. The molecule has 3 atom stereocenters. The molecule has 1 saturated heterocycles. The van der Waals surface area contributed by atoms with Crippen molar-refractivity contribution in [1.29, 1.82) is 0 Å². The number of nitrogens with zero attached hydrogens (tertiary/aromatic N) is 1. The van der Waals surface area contributed by atoms with Gasteiger partial charge in [-0.15, -0.1) is 0 Å². The number of likely N-dealkylation sites (N-methyl/N-ethyl adjacent to an activating group) is 1. The fourth-order valence-electron chi connectivity index (χ4n) is 1.83. The standard InChI is InChI=1S/C11H22N2O2/c1-5-13(4)11(14)8(2)12-10-6-7-15-9(10)3/h8-10,12H,5-7H2,1-4H3. The number of ether oxygens (including phenoxy) is 1. The maximum absolute atomic E-state index is 11.8. The minimum Gasteiger partial charge on any atom is -0.377 e. The Morgan fingerprint density at radius 2 is 2.33 bits per heavy atom. The summed E-state index contributed by atoms with van der Waals surface area (Å²) in [6.45, 7) is 7.49. The Hall–Kier alpha value is -0.610. The van der Waals surface area contributed by atoms with E-state index in [0.717, 1.165) is 19.6 Å². The first-order valence-corrected chi connectivity index (χ1v) is 5.68. The summed E-state index contributed by atoms with van der Waals surface area (Å²) < 4.78 is 5.45. The van der Waals surface area contributed by atoms with Crippen LogP contribution in [0.2, 0.25) is 0 Å². The van der Waals surface area contributed by atoms with Gasteiger partial charge in [0.2, 0.25) is 5.91 Å². The predicted octanol–water partition coefficient (Wildman–Crippen LogP) is 0.620. The van der Waals surface area contributed by atoms with Gasteiger partial charge in [0.25, 0.3) is 0 Å². The Morgan fingerprint density at radius 3 is 2.80 bits per heavy atom. The molecule has 0 saturated carbocycles. The van der Waals surface area contributed by atoms with Crippen molar-refractivity contribution in [1.82, 2.24) is 10.2 Å². The molecule has 1 heterocycles.